The van der Waals surface area contributed by atoms with E-state index in [1.165, 1.54) is 5.56 Å². The fraction of sp³-hybridized carbons (Fsp3) is 0.556. The lowest BCUT2D eigenvalue weighted by atomic mass is 10.1. The van der Waals surface area contributed by atoms with E-state index in [0.717, 1.165) is 30.4 Å². The Hall–Kier alpha value is -1.22. The molecule has 0 saturated heterocycles. The van der Waals surface area contributed by atoms with Gasteiger partial charge in [-0.3, -0.25) is 4.99 Å². The van der Waals surface area contributed by atoms with E-state index in [4.69, 9.17) is 16.3 Å². The number of rotatable bonds is 7. The molecular weight excluding hydrogens is 467 g/mol. The van der Waals surface area contributed by atoms with Crippen molar-refractivity contribution in [3.8, 4) is 0 Å². The maximum atomic E-state index is 11.5. The number of aliphatic imine (C=N–C) groups is 1. The van der Waals surface area contributed by atoms with Crippen molar-refractivity contribution in [2.45, 2.75) is 39.2 Å². The molecule has 0 bridgehead atoms. The van der Waals surface area contributed by atoms with Gasteiger partial charge in [0.2, 0.25) is 0 Å². The zero-order valence-corrected chi connectivity index (χ0v) is 19.0. The molecule has 1 rings (SSSR count). The van der Waals surface area contributed by atoms with E-state index in [1.807, 2.05) is 45.0 Å². The Morgan fingerprint density at radius 2 is 1.81 bits per heavy atom. The SMILES string of the molecule is CN=C(NCCCNC(=O)OC(C)(C)C)NCCc1cccc(Cl)c1.I. The van der Waals surface area contributed by atoms with Crippen LogP contribution in [0.3, 0.4) is 0 Å². The number of halogens is 2. The summed E-state index contributed by atoms with van der Waals surface area (Å²) < 4.78 is 5.17. The molecule has 0 aliphatic heterocycles. The molecule has 0 spiro atoms. The Morgan fingerprint density at radius 3 is 2.42 bits per heavy atom. The first-order chi connectivity index (χ1) is 11.8. The van der Waals surface area contributed by atoms with Crippen molar-refractivity contribution >= 4 is 47.6 Å². The number of amides is 1. The lowest BCUT2D eigenvalue weighted by Gasteiger charge is -2.19. The number of guanidine groups is 1. The minimum atomic E-state index is -0.475. The van der Waals surface area contributed by atoms with Gasteiger partial charge in [-0.05, 0) is 51.3 Å². The molecule has 0 unspecified atom stereocenters. The van der Waals surface area contributed by atoms with Gasteiger partial charge in [-0.1, -0.05) is 23.7 Å². The van der Waals surface area contributed by atoms with Crippen LogP contribution in [0.2, 0.25) is 5.02 Å². The van der Waals surface area contributed by atoms with Crippen LogP contribution in [0, 0.1) is 0 Å². The van der Waals surface area contributed by atoms with Crippen LogP contribution in [0.5, 0.6) is 0 Å². The summed E-state index contributed by atoms with van der Waals surface area (Å²) in [6.45, 7) is 7.53. The summed E-state index contributed by atoms with van der Waals surface area (Å²) in [6, 6.07) is 7.82. The van der Waals surface area contributed by atoms with E-state index in [-0.39, 0.29) is 24.0 Å². The van der Waals surface area contributed by atoms with Gasteiger partial charge >= 0.3 is 6.09 Å². The number of hydrogen-bond donors (Lipinski definition) is 3. The molecule has 1 amide bonds. The minimum absolute atomic E-state index is 0. The van der Waals surface area contributed by atoms with Crippen molar-refractivity contribution in [1.82, 2.24) is 16.0 Å². The highest BCUT2D eigenvalue weighted by atomic mass is 127. The van der Waals surface area contributed by atoms with Crippen molar-refractivity contribution in [1.29, 1.82) is 0 Å². The molecule has 8 heteroatoms. The minimum Gasteiger partial charge on any atom is -0.444 e. The highest BCUT2D eigenvalue weighted by molar-refractivity contribution is 14.0. The van der Waals surface area contributed by atoms with Crippen molar-refractivity contribution in [2.24, 2.45) is 4.99 Å². The molecular formula is C18H30ClIN4O2. The zero-order chi connectivity index (χ0) is 18.7. The average molecular weight is 497 g/mol. The van der Waals surface area contributed by atoms with Crippen molar-refractivity contribution in [3.05, 3.63) is 34.9 Å². The molecule has 26 heavy (non-hydrogen) atoms. The highest BCUT2D eigenvalue weighted by Gasteiger charge is 2.15. The largest absolute Gasteiger partial charge is 0.444 e. The van der Waals surface area contributed by atoms with Gasteiger partial charge in [0.05, 0.1) is 0 Å². The summed E-state index contributed by atoms with van der Waals surface area (Å²) >= 11 is 5.97. The highest BCUT2D eigenvalue weighted by Crippen LogP contribution is 2.10. The van der Waals surface area contributed by atoms with Crippen molar-refractivity contribution in [2.75, 3.05) is 26.7 Å². The average Bonchev–Trinajstić information content (AvgIpc) is 2.51. The standard InChI is InChI=1S/C18H29ClN4O2.HI/c1-18(2,3)25-17(24)23-11-6-10-21-16(20-4)22-12-9-14-7-5-8-15(19)13-14;/h5,7-8,13H,6,9-12H2,1-4H3,(H,23,24)(H2,20,21,22);1H. The first-order valence-electron chi connectivity index (χ1n) is 8.46. The second-order valence-corrected chi connectivity index (χ2v) is 7.02. The Labute approximate surface area is 178 Å². The van der Waals surface area contributed by atoms with Crippen molar-refractivity contribution < 1.29 is 9.53 Å². The Morgan fingerprint density at radius 1 is 1.15 bits per heavy atom. The number of nitrogens with one attached hydrogen (secondary N) is 3. The van der Waals surface area contributed by atoms with Gasteiger partial charge < -0.3 is 20.7 Å². The van der Waals surface area contributed by atoms with Gasteiger partial charge in [0.25, 0.3) is 0 Å². The van der Waals surface area contributed by atoms with E-state index in [0.29, 0.717) is 13.1 Å². The summed E-state index contributed by atoms with van der Waals surface area (Å²) in [6.07, 6.45) is 1.24. The third-order valence-corrected chi connectivity index (χ3v) is 3.37. The number of nitrogens with zero attached hydrogens (tertiary/aromatic N) is 1. The molecule has 0 radical (unpaired) electrons. The van der Waals surface area contributed by atoms with Crippen LogP contribution >= 0.6 is 35.6 Å². The second kappa shape index (κ2) is 13.0. The number of hydrogen-bond acceptors (Lipinski definition) is 3. The van der Waals surface area contributed by atoms with Gasteiger partial charge in [-0.2, -0.15) is 0 Å². The molecule has 6 nitrogen and oxygen atoms in total. The molecule has 148 valence electrons. The fourth-order valence-corrected chi connectivity index (χ4v) is 2.25. The second-order valence-electron chi connectivity index (χ2n) is 6.59. The number of ether oxygens (including phenoxy) is 1. The number of alkyl carbamates (subject to hydrolysis) is 1. The summed E-state index contributed by atoms with van der Waals surface area (Å²) in [5.41, 5.74) is 0.703. The van der Waals surface area contributed by atoms with Crippen LogP contribution < -0.4 is 16.0 Å². The fourth-order valence-electron chi connectivity index (χ4n) is 2.04. The van der Waals surface area contributed by atoms with E-state index < -0.39 is 11.7 Å². The molecule has 0 fully saturated rings. The van der Waals surface area contributed by atoms with Crippen LogP contribution in [-0.2, 0) is 11.2 Å². The molecule has 0 atom stereocenters. The third-order valence-electron chi connectivity index (χ3n) is 3.13. The Bertz CT molecular complexity index is 577. The van der Waals surface area contributed by atoms with Gasteiger partial charge in [0.1, 0.15) is 5.60 Å². The van der Waals surface area contributed by atoms with Crippen LogP contribution in [0.15, 0.2) is 29.3 Å². The maximum absolute atomic E-state index is 11.5. The molecule has 0 aliphatic rings. The monoisotopic (exact) mass is 496 g/mol. The molecule has 0 saturated carbocycles. The smallest absolute Gasteiger partial charge is 0.407 e. The third kappa shape index (κ3) is 12.2. The van der Waals surface area contributed by atoms with Gasteiger partial charge in [0.15, 0.2) is 5.96 Å². The summed E-state index contributed by atoms with van der Waals surface area (Å²) in [5.74, 6) is 0.735. The quantitative estimate of drug-likeness (QED) is 0.233. The molecule has 0 heterocycles. The van der Waals surface area contributed by atoms with Gasteiger partial charge in [0, 0.05) is 31.7 Å². The summed E-state index contributed by atoms with van der Waals surface area (Å²) in [4.78, 5) is 15.7. The van der Waals surface area contributed by atoms with E-state index >= 15 is 0 Å². The normalized spacial score (nSPS) is 11.3. The van der Waals surface area contributed by atoms with Gasteiger partial charge in [-0.15, -0.1) is 24.0 Å². The van der Waals surface area contributed by atoms with Crippen molar-refractivity contribution in [3.63, 3.8) is 0 Å². The zero-order valence-electron chi connectivity index (χ0n) is 15.9. The van der Waals surface area contributed by atoms with E-state index in [9.17, 15) is 4.79 Å². The number of carbonyl (C=O) groups excluding carboxylic acids is 1. The van der Waals surface area contributed by atoms with Crippen LogP contribution in [0.25, 0.3) is 0 Å². The number of carbonyl (C=O) groups is 1. The topological polar surface area (TPSA) is 74.8 Å². The van der Waals surface area contributed by atoms with Crippen LogP contribution in [0.1, 0.15) is 32.8 Å². The van der Waals surface area contributed by atoms with E-state index in [1.54, 1.807) is 7.05 Å². The predicted octanol–water partition coefficient (Wildman–Crippen LogP) is 3.58. The summed E-state index contributed by atoms with van der Waals surface area (Å²) in [5, 5.41) is 9.94. The Kier molecular flexibility index (Phi) is 12.4. The lowest BCUT2D eigenvalue weighted by Crippen LogP contribution is -2.40. The van der Waals surface area contributed by atoms with E-state index in [2.05, 4.69) is 20.9 Å². The molecule has 0 aliphatic carbocycles. The first kappa shape index (κ1) is 24.8. The summed E-state index contributed by atoms with van der Waals surface area (Å²) in [7, 11) is 1.73. The molecule has 1 aromatic carbocycles. The molecule has 1 aromatic rings. The van der Waals surface area contributed by atoms with Crippen LogP contribution in [-0.4, -0.2) is 44.3 Å². The predicted molar refractivity (Wildman–Crippen MR) is 119 cm³/mol. The molecule has 3 N–H and O–H groups in total. The maximum Gasteiger partial charge on any atom is 0.407 e. The Balaban J connectivity index is 0.00000625. The first-order valence-corrected chi connectivity index (χ1v) is 8.84. The number of benzene rings is 1. The van der Waals surface area contributed by atoms with Crippen LogP contribution in [0.4, 0.5) is 4.79 Å². The lowest BCUT2D eigenvalue weighted by molar-refractivity contribution is 0.0527. The molecule has 0 aromatic heterocycles. The van der Waals surface area contributed by atoms with Gasteiger partial charge in [-0.25, -0.2) is 4.79 Å².